The Morgan fingerprint density at radius 2 is 2.53 bits per heavy atom. The third-order valence-corrected chi connectivity index (χ3v) is 2.82. The molecule has 0 saturated carbocycles. The number of carbonyl (C=O) groups is 1. The summed E-state index contributed by atoms with van der Waals surface area (Å²) in [5.74, 6) is 0.444. The first-order valence-electron chi connectivity index (χ1n) is 6.46. The van der Waals surface area contributed by atoms with E-state index in [4.69, 9.17) is 9.47 Å². The molecular formula is C13H19N3O3. The number of amides is 2. The molecule has 19 heavy (non-hydrogen) atoms. The van der Waals surface area contributed by atoms with Crippen LogP contribution in [0.3, 0.4) is 0 Å². The van der Waals surface area contributed by atoms with E-state index >= 15 is 0 Å². The molecule has 1 N–H and O–H groups in total. The number of urea groups is 1. The second-order valence-corrected chi connectivity index (χ2v) is 4.35. The van der Waals surface area contributed by atoms with E-state index in [9.17, 15) is 4.79 Å². The van der Waals surface area contributed by atoms with Gasteiger partial charge in [-0.3, -0.25) is 0 Å². The molecule has 0 aliphatic carbocycles. The summed E-state index contributed by atoms with van der Waals surface area (Å²) in [5, 5.41) is 2.83. The lowest BCUT2D eigenvalue weighted by atomic mass is 10.3. The van der Waals surface area contributed by atoms with Crippen molar-refractivity contribution in [3.05, 3.63) is 18.3 Å². The Bertz CT molecular complexity index is 439. The van der Waals surface area contributed by atoms with Gasteiger partial charge in [0.05, 0.1) is 19.3 Å². The van der Waals surface area contributed by atoms with E-state index in [2.05, 4.69) is 10.3 Å². The molecule has 1 aromatic rings. The fraction of sp³-hybridized carbons (Fsp3) is 0.538. The fourth-order valence-electron chi connectivity index (χ4n) is 1.93. The van der Waals surface area contributed by atoms with E-state index < -0.39 is 0 Å². The SMILES string of the molecule is CCOc1ncccc1NC(=O)N1CCO[C@@H](C)C1. The maximum absolute atomic E-state index is 12.1. The molecule has 6 heteroatoms. The topological polar surface area (TPSA) is 63.7 Å². The van der Waals surface area contributed by atoms with E-state index in [1.807, 2.05) is 13.8 Å². The van der Waals surface area contributed by atoms with Crippen LogP contribution in [0, 0.1) is 0 Å². The van der Waals surface area contributed by atoms with Gasteiger partial charge in [-0.25, -0.2) is 9.78 Å². The second-order valence-electron chi connectivity index (χ2n) is 4.35. The number of pyridine rings is 1. The molecule has 1 atom stereocenters. The van der Waals surface area contributed by atoms with Crippen LogP contribution in [-0.4, -0.2) is 48.3 Å². The van der Waals surface area contributed by atoms with Crippen LogP contribution in [0.25, 0.3) is 0 Å². The van der Waals surface area contributed by atoms with Gasteiger partial charge < -0.3 is 19.7 Å². The highest BCUT2D eigenvalue weighted by Crippen LogP contribution is 2.21. The molecule has 0 radical (unpaired) electrons. The Hall–Kier alpha value is -1.82. The Kier molecular flexibility index (Phi) is 4.57. The average Bonchev–Trinajstić information content (AvgIpc) is 2.41. The van der Waals surface area contributed by atoms with Gasteiger partial charge in [-0.05, 0) is 26.0 Å². The third-order valence-electron chi connectivity index (χ3n) is 2.82. The van der Waals surface area contributed by atoms with Gasteiger partial charge in [0.1, 0.15) is 5.69 Å². The van der Waals surface area contributed by atoms with Crippen molar-refractivity contribution in [2.24, 2.45) is 0 Å². The van der Waals surface area contributed by atoms with Crippen LogP contribution in [0.15, 0.2) is 18.3 Å². The van der Waals surface area contributed by atoms with Gasteiger partial charge in [0.15, 0.2) is 0 Å². The number of hydrogen-bond acceptors (Lipinski definition) is 4. The van der Waals surface area contributed by atoms with E-state index in [0.717, 1.165) is 0 Å². The van der Waals surface area contributed by atoms with Gasteiger partial charge in [-0.1, -0.05) is 0 Å². The van der Waals surface area contributed by atoms with E-state index in [1.54, 1.807) is 23.2 Å². The summed E-state index contributed by atoms with van der Waals surface area (Å²) in [4.78, 5) is 18.0. The lowest BCUT2D eigenvalue weighted by molar-refractivity contribution is -0.00139. The number of rotatable bonds is 3. The molecule has 2 rings (SSSR count). The summed E-state index contributed by atoms with van der Waals surface area (Å²) in [6.07, 6.45) is 1.71. The molecule has 0 aromatic carbocycles. The van der Waals surface area contributed by atoms with Crippen molar-refractivity contribution in [1.82, 2.24) is 9.88 Å². The maximum Gasteiger partial charge on any atom is 0.322 e. The normalized spacial score (nSPS) is 19.1. The average molecular weight is 265 g/mol. The quantitative estimate of drug-likeness (QED) is 0.904. The Labute approximate surface area is 112 Å². The molecule has 1 saturated heterocycles. The van der Waals surface area contributed by atoms with E-state index in [-0.39, 0.29) is 12.1 Å². The lowest BCUT2D eigenvalue weighted by Crippen LogP contribution is -2.46. The summed E-state index contributed by atoms with van der Waals surface area (Å²) in [7, 11) is 0. The number of anilines is 1. The summed E-state index contributed by atoms with van der Waals surface area (Å²) in [6, 6.07) is 3.39. The van der Waals surface area contributed by atoms with Gasteiger partial charge in [0.25, 0.3) is 0 Å². The van der Waals surface area contributed by atoms with Crippen LogP contribution in [0.4, 0.5) is 10.5 Å². The van der Waals surface area contributed by atoms with Crippen LogP contribution < -0.4 is 10.1 Å². The minimum absolute atomic E-state index is 0.0692. The van der Waals surface area contributed by atoms with Crippen LogP contribution >= 0.6 is 0 Å². The Morgan fingerprint density at radius 3 is 3.26 bits per heavy atom. The molecule has 1 aliphatic heterocycles. The first-order valence-corrected chi connectivity index (χ1v) is 6.46. The highest BCUT2D eigenvalue weighted by atomic mass is 16.5. The minimum atomic E-state index is -0.149. The molecule has 0 unspecified atom stereocenters. The predicted octanol–water partition coefficient (Wildman–Crippen LogP) is 1.73. The molecule has 1 fully saturated rings. The molecule has 2 amide bonds. The van der Waals surface area contributed by atoms with Crippen molar-refractivity contribution in [2.75, 3.05) is 31.6 Å². The monoisotopic (exact) mass is 265 g/mol. The summed E-state index contributed by atoms with van der Waals surface area (Å²) in [6.45, 7) is 6.10. The Balaban J connectivity index is 2.02. The van der Waals surface area contributed by atoms with Gasteiger partial charge in [0.2, 0.25) is 5.88 Å². The van der Waals surface area contributed by atoms with Gasteiger partial charge in [-0.2, -0.15) is 0 Å². The standard InChI is InChI=1S/C13H19N3O3/c1-3-18-12-11(5-4-6-14-12)15-13(17)16-7-8-19-10(2)9-16/h4-6,10H,3,7-9H2,1-2H3,(H,15,17)/t10-/m0/s1. The fourth-order valence-corrected chi connectivity index (χ4v) is 1.93. The molecule has 1 aromatic heterocycles. The van der Waals surface area contributed by atoms with Crippen LogP contribution in [0.5, 0.6) is 5.88 Å². The number of ether oxygens (including phenoxy) is 2. The smallest absolute Gasteiger partial charge is 0.322 e. The van der Waals surface area contributed by atoms with Crippen molar-refractivity contribution >= 4 is 11.7 Å². The van der Waals surface area contributed by atoms with E-state index in [1.165, 1.54) is 0 Å². The molecule has 0 spiro atoms. The zero-order valence-electron chi connectivity index (χ0n) is 11.3. The second kappa shape index (κ2) is 6.38. The third kappa shape index (κ3) is 3.57. The van der Waals surface area contributed by atoms with Crippen LogP contribution in [-0.2, 0) is 4.74 Å². The number of nitrogens with one attached hydrogen (secondary N) is 1. The maximum atomic E-state index is 12.1. The van der Waals surface area contributed by atoms with Crippen LogP contribution in [0.2, 0.25) is 0 Å². The number of nitrogens with zero attached hydrogens (tertiary/aromatic N) is 2. The van der Waals surface area contributed by atoms with Crippen molar-refractivity contribution in [3.8, 4) is 5.88 Å². The van der Waals surface area contributed by atoms with Crippen molar-refractivity contribution in [3.63, 3.8) is 0 Å². The summed E-state index contributed by atoms with van der Waals surface area (Å²) in [5.41, 5.74) is 0.591. The molecule has 104 valence electrons. The molecule has 0 bridgehead atoms. The molecule has 2 heterocycles. The predicted molar refractivity (Wildman–Crippen MR) is 71.4 cm³/mol. The minimum Gasteiger partial charge on any atom is -0.476 e. The molecule has 1 aliphatic rings. The highest BCUT2D eigenvalue weighted by molar-refractivity contribution is 5.90. The summed E-state index contributed by atoms with van der Waals surface area (Å²) < 4.78 is 10.8. The first kappa shape index (κ1) is 13.6. The van der Waals surface area contributed by atoms with Gasteiger partial charge in [-0.15, -0.1) is 0 Å². The molecule has 6 nitrogen and oxygen atoms in total. The number of aromatic nitrogens is 1. The van der Waals surface area contributed by atoms with Crippen LogP contribution in [0.1, 0.15) is 13.8 Å². The lowest BCUT2D eigenvalue weighted by Gasteiger charge is -2.31. The number of carbonyl (C=O) groups excluding carboxylic acids is 1. The van der Waals surface area contributed by atoms with E-state index in [0.29, 0.717) is 37.9 Å². The van der Waals surface area contributed by atoms with Gasteiger partial charge >= 0.3 is 6.03 Å². The highest BCUT2D eigenvalue weighted by Gasteiger charge is 2.22. The molecular weight excluding hydrogens is 246 g/mol. The number of morpholine rings is 1. The van der Waals surface area contributed by atoms with Gasteiger partial charge in [0, 0.05) is 19.3 Å². The Morgan fingerprint density at radius 1 is 1.68 bits per heavy atom. The van der Waals surface area contributed by atoms with Crippen molar-refractivity contribution < 1.29 is 14.3 Å². The van der Waals surface area contributed by atoms with Crippen molar-refractivity contribution in [2.45, 2.75) is 20.0 Å². The summed E-state index contributed by atoms with van der Waals surface area (Å²) >= 11 is 0. The zero-order valence-corrected chi connectivity index (χ0v) is 11.3. The number of hydrogen-bond donors (Lipinski definition) is 1. The first-order chi connectivity index (χ1) is 9.20. The largest absolute Gasteiger partial charge is 0.476 e. The van der Waals surface area contributed by atoms with Crippen molar-refractivity contribution in [1.29, 1.82) is 0 Å². The zero-order chi connectivity index (χ0) is 13.7.